The maximum absolute atomic E-state index is 12.0. The summed E-state index contributed by atoms with van der Waals surface area (Å²) >= 11 is 1.45. The van der Waals surface area contributed by atoms with Crippen molar-refractivity contribution in [2.24, 2.45) is 0 Å². The number of anilines is 1. The Morgan fingerprint density at radius 2 is 2.08 bits per heavy atom. The molecule has 2 rings (SSSR count). The Hall–Kier alpha value is -1.62. The Morgan fingerprint density at radius 1 is 1.42 bits per heavy atom. The van der Waals surface area contributed by atoms with Crippen molar-refractivity contribution in [2.75, 3.05) is 44.8 Å². The standard InChI is InChI=1S/C17H25N3O3S/c1-12-13(11-18)15(24-14(12)17(2,3)4)19-16(21)23-10-7-20-5-8-22-9-6-20/h5-10H2,1-4H3,(H,19,21). The predicted molar refractivity (Wildman–Crippen MR) is 94.7 cm³/mol. The number of ether oxygens (including phenoxy) is 2. The van der Waals surface area contributed by atoms with E-state index in [1.54, 1.807) is 0 Å². The Morgan fingerprint density at radius 3 is 2.67 bits per heavy atom. The molecule has 0 aliphatic carbocycles. The Balaban J connectivity index is 1.92. The van der Waals surface area contributed by atoms with Crippen molar-refractivity contribution in [3.63, 3.8) is 0 Å². The number of morpholine rings is 1. The van der Waals surface area contributed by atoms with Crippen LogP contribution in [0.5, 0.6) is 0 Å². The summed E-state index contributed by atoms with van der Waals surface area (Å²) in [5.41, 5.74) is 1.38. The summed E-state index contributed by atoms with van der Waals surface area (Å²) in [6.45, 7) is 12.4. The summed E-state index contributed by atoms with van der Waals surface area (Å²) < 4.78 is 10.5. The zero-order valence-corrected chi connectivity index (χ0v) is 15.6. The molecule has 1 saturated heterocycles. The maximum atomic E-state index is 12.0. The van der Waals surface area contributed by atoms with Crippen molar-refractivity contribution >= 4 is 22.4 Å². The highest BCUT2D eigenvalue weighted by Gasteiger charge is 2.25. The first-order chi connectivity index (χ1) is 11.3. The van der Waals surface area contributed by atoms with Gasteiger partial charge in [0.25, 0.3) is 0 Å². The van der Waals surface area contributed by atoms with Crippen molar-refractivity contribution in [3.05, 3.63) is 16.0 Å². The molecule has 0 spiro atoms. The number of carbonyl (C=O) groups is 1. The van der Waals surface area contributed by atoms with Crippen LogP contribution in [0.3, 0.4) is 0 Å². The summed E-state index contributed by atoms with van der Waals surface area (Å²) in [7, 11) is 0. The third-order valence-corrected chi connectivity index (χ3v) is 5.53. The number of nitriles is 1. The van der Waals surface area contributed by atoms with E-state index in [2.05, 4.69) is 37.1 Å². The van der Waals surface area contributed by atoms with Gasteiger partial charge in [-0.05, 0) is 17.9 Å². The van der Waals surface area contributed by atoms with Gasteiger partial charge in [-0.15, -0.1) is 11.3 Å². The minimum absolute atomic E-state index is 0.0689. The minimum Gasteiger partial charge on any atom is -0.448 e. The van der Waals surface area contributed by atoms with Crippen LogP contribution in [0.2, 0.25) is 0 Å². The van der Waals surface area contributed by atoms with E-state index in [-0.39, 0.29) is 5.41 Å². The van der Waals surface area contributed by atoms with E-state index in [0.29, 0.717) is 23.7 Å². The Kier molecular flexibility index (Phi) is 6.21. The lowest BCUT2D eigenvalue weighted by atomic mass is 9.91. The smallest absolute Gasteiger partial charge is 0.412 e. The first kappa shape index (κ1) is 18.7. The van der Waals surface area contributed by atoms with Gasteiger partial charge < -0.3 is 9.47 Å². The molecule has 132 valence electrons. The molecule has 2 heterocycles. The lowest BCUT2D eigenvalue weighted by Gasteiger charge is -2.26. The second-order valence-corrected chi connectivity index (χ2v) is 7.86. The average Bonchev–Trinajstić information content (AvgIpc) is 2.84. The Labute approximate surface area is 147 Å². The van der Waals surface area contributed by atoms with Crippen molar-refractivity contribution in [2.45, 2.75) is 33.1 Å². The third kappa shape index (κ3) is 4.69. The van der Waals surface area contributed by atoms with E-state index in [9.17, 15) is 10.1 Å². The van der Waals surface area contributed by atoms with Gasteiger partial charge in [0.15, 0.2) is 0 Å². The SMILES string of the molecule is Cc1c(C(C)(C)C)sc(NC(=O)OCCN2CCOCC2)c1C#N. The van der Waals surface area contributed by atoms with Gasteiger partial charge in [0.1, 0.15) is 17.7 Å². The summed E-state index contributed by atoms with van der Waals surface area (Å²) in [5.74, 6) is 0. The zero-order chi connectivity index (χ0) is 17.7. The second kappa shape index (κ2) is 7.97. The van der Waals surface area contributed by atoms with Gasteiger partial charge in [-0.3, -0.25) is 10.2 Å². The van der Waals surface area contributed by atoms with Gasteiger partial charge in [0.2, 0.25) is 0 Å². The molecule has 1 aromatic heterocycles. The van der Waals surface area contributed by atoms with Crippen LogP contribution < -0.4 is 5.32 Å². The van der Waals surface area contributed by atoms with Gasteiger partial charge in [0.05, 0.1) is 18.8 Å². The van der Waals surface area contributed by atoms with Crippen LogP contribution in [0, 0.1) is 18.3 Å². The number of thiophene rings is 1. The second-order valence-electron chi connectivity index (χ2n) is 6.84. The number of hydrogen-bond acceptors (Lipinski definition) is 6. The molecule has 1 amide bonds. The molecule has 0 saturated carbocycles. The van der Waals surface area contributed by atoms with E-state index in [1.165, 1.54) is 11.3 Å². The molecule has 0 unspecified atom stereocenters. The van der Waals surface area contributed by atoms with E-state index < -0.39 is 6.09 Å². The molecule has 6 nitrogen and oxygen atoms in total. The van der Waals surface area contributed by atoms with Crippen LogP contribution >= 0.6 is 11.3 Å². The lowest BCUT2D eigenvalue weighted by molar-refractivity contribution is 0.0290. The number of carbonyl (C=O) groups excluding carboxylic acids is 1. The molecule has 1 aliphatic rings. The van der Waals surface area contributed by atoms with E-state index in [1.807, 2.05) is 6.92 Å². The largest absolute Gasteiger partial charge is 0.448 e. The molecule has 7 heteroatoms. The zero-order valence-electron chi connectivity index (χ0n) is 14.8. The molecule has 0 atom stereocenters. The molecule has 0 aromatic carbocycles. The monoisotopic (exact) mass is 351 g/mol. The highest BCUT2D eigenvalue weighted by atomic mass is 32.1. The van der Waals surface area contributed by atoms with Crippen LogP contribution in [0.4, 0.5) is 9.80 Å². The molecule has 1 aliphatic heterocycles. The summed E-state index contributed by atoms with van der Waals surface area (Å²) in [5, 5.41) is 12.7. The lowest BCUT2D eigenvalue weighted by Crippen LogP contribution is -2.38. The van der Waals surface area contributed by atoms with Crippen LogP contribution in [0.1, 0.15) is 36.8 Å². The fraction of sp³-hybridized carbons (Fsp3) is 0.647. The molecule has 1 N–H and O–H groups in total. The van der Waals surface area contributed by atoms with Gasteiger partial charge in [-0.1, -0.05) is 20.8 Å². The highest BCUT2D eigenvalue weighted by Crippen LogP contribution is 2.39. The highest BCUT2D eigenvalue weighted by molar-refractivity contribution is 7.16. The third-order valence-electron chi connectivity index (χ3n) is 3.90. The average molecular weight is 351 g/mol. The molecular formula is C17H25N3O3S. The molecule has 0 radical (unpaired) electrons. The van der Waals surface area contributed by atoms with Crippen LogP contribution in [-0.2, 0) is 14.9 Å². The van der Waals surface area contributed by atoms with Gasteiger partial charge in [-0.2, -0.15) is 5.26 Å². The molecular weight excluding hydrogens is 326 g/mol. The fourth-order valence-corrected chi connectivity index (χ4v) is 3.87. The number of hydrogen-bond donors (Lipinski definition) is 1. The van der Waals surface area contributed by atoms with E-state index >= 15 is 0 Å². The maximum Gasteiger partial charge on any atom is 0.412 e. The van der Waals surface area contributed by atoms with Crippen LogP contribution in [0.15, 0.2) is 0 Å². The van der Waals surface area contributed by atoms with Crippen molar-refractivity contribution < 1.29 is 14.3 Å². The van der Waals surface area contributed by atoms with Gasteiger partial charge in [0, 0.05) is 24.5 Å². The van der Waals surface area contributed by atoms with Crippen LogP contribution in [-0.4, -0.2) is 50.4 Å². The molecule has 1 fully saturated rings. The molecule has 1 aromatic rings. The number of rotatable bonds is 4. The quantitative estimate of drug-likeness (QED) is 0.902. The normalized spacial score (nSPS) is 15.8. The summed E-state index contributed by atoms with van der Waals surface area (Å²) in [6, 6.07) is 2.19. The number of amides is 1. The number of nitrogens with one attached hydrogen (secondary N) is 1. The predicted octanol–water partition coefficient (Wildman–Crippen LogP) is 3.11. The Bertz CT molecular complexity index is 622. The van der Waals surface area contributed by atoms with Crippen molar-refractivity contribution in [3.8, 4) is 6.07 Å². The first-order valence-corrected chi connectivity index (χ1v) is 8.92. The number of nitrogens with zero attached hydrogens (tertiary/aromatic N) is 2. The van der Waals surface area contributed by atoms with Crippen molar-refractivity contribution in [1.29, 1.82) is 5.26 Å². The van der Waals surface area contributed by atoms with Crippen molar-refractivity contribution in [1.82, 2.24) is 4.90 Å². The molecule has 24 heavy (non-hydrogen) atoms. The molecule has 0 bridgehead atoms. The van der Waals surface area contributed by atoms with Gasteiger partial charge in [-0.25, -0.2) is 4.79 Å². The summed E-state index contributed by atoms with van der Waals surface area (Å²) in [6.07, 6.45) is -0.513. The van der Waals surface area contributed by atoms with Crippen LogP contribution in [0.25, 0.3) is 0 Å². The first-order valence-electron chi connectivity index (χ1n) is 8.10. The topological polar surface area (TPSA) is 74.6 Å². The fourth-order valence-electron chi connectivity index (χ4n) is 2.67. The van der Waals surface area contributed by atoms with E-state index in [0.717, 1.165) is 36.7 Å². The van der Waals surface area contributed by atoms with Gasteiger partial charge >= 0.3 is 6.09 Å². The van der Waals surface area contributed by atoms with E-state index in [4.69, 9.17) is 9.47 Å². The minimum atomic E-state index is -0.513. The summed E-state index contributed by atoms with van der Waals surface area (Å²) in [4.78, 5) is 15.3.